The molecule has 0 unspecified atom stereocenters. The van der Waals surface area contributed by atoms with Crippen molar-refractivity contribution in [1.29, 1.82) is 0 Å². The number of rotatable bonds is 1. The molecule has 1 heterocycles. The molecule has 1 aromatic heterocycles. The monoisotopic (exact) mass is 201 g/mol. The van der Waals surface area contributed by atoms with Crippen molar-refractivity contribution in [2.75, 3.05) is 0 Å². The van der Waals surface area contributed by atoms with Gasteiger partial charge in [-0.05, 0) is 15.9 Å². The highest BCUT2D eigenvalue weighted by Gasteiger charge is 2.02. The normalized spacial score (nSPS) is 9.30. The van der Waals surface area contributed by atoms with Crippen LogP contribution in [0.25, 0.3) is 0 Å². The third-order valence-electron chi connectivity index (χ3n) is 1.04. The van der Waals surface area contributed by atoms with Gasteiger partial charge in [0, 0.05) is 6.20 Å². The van der Waals surface area contributed by atoms with Crippen LogP contribution in [0, 0.1) is 0 Å². The second-order valence-corrected chi connectivity index (χ2v) is 2.53. The first-order valence-corrected chi connectivity index (χ1v) is 3.32. The van der Waals surface area contributed by atoms with Crippen LogP contribution in [0.5, 0.6) is 5.75 Å². The summed E-state index contributed by atoms with van der Waals surface area (Å²) in [6.45, 7) is 0. The fraction of sp³-hybridized carbons (Fsp3) is 0. The van der Waals surface area contributed by atoms with Gasteiger partial charge in [-0.25, -0.2) is 0 Å². The van der Waals surface area contributed by atoms with Crippen molar-refractivity contribution < 1.29 is 9.90 Å². The molecule has 0 saturated heterocycles. The maximum Gasteiger partial charge on any atom is 0.155 e. The number of aldehydes is 1. The quantitative estimate of drug-likeness (QED) is 0.699. The fourth-order valence-corrected chi connectivity index (χ4v) is 0.966. The molecule has 0 atom stereocenters. The van der Waals surface area contributed by atoms with E-state index < -0.39 is 0 Å². The highest BCUT2D eigenvalue weighted by atomic mass is 79.9. The Morgan fingerprint density at radius 2 is 2.30 bits per heavy atom. The Balaban J connectivity index is 3.30. The van der Waals surface area contributed by atoms with Gasteiger partial charge in [-0.2, -0.15) is 0 Å². The molecule has 0 saturated carbocycles. The van der Waals surface area contributed by atoms with E-state index in [1.54, 1.807) is 0 Å². The molecular weight excluding hydrogens is 198 g/mol. The molecule has 0 fully saturated rings. The van der Waals surface area contributed by atoms with E-state index in [-0.39, 0.29) is 11.3 Å². The van der Waals surface area contributed by atoms with Crippen LogP contribution in [0.1, 0.15) is 10.4 Å². The minimum atomic E-state index is -0.107. The Bertz CT molecular complexity index is 242. The average Bonchev–Trinajstić information content (AvgIpc) is 1.88. The molecule has 1 rings (SSSR count). The van der Waals surface area contributed by atoms with E-state index in [0.717, 1.165) is 0 Å². The van der Waals surface area contributed by atoms with Crippen molar-refractivity contribution in [2.24, 2.45) is 0 Å². The minimum Gasteiger partial charge on any atom is -0.506 e. The van der Waals surface area contributed by atoms with E-state index in [0.29, 0.717) is 10.8 Å². The molecule has 0 aliphatic heterocycles. The number of carbonyl (C=O) groups is 1. The Labute approximate surface area is 65.8 Å². The summed E-state index contributed by atoms with van der Waals surface area (Å²) in [7, 11) is 0. The third kappa shape index (κ3) is 1.16. The van der Waals surface area contributed by atoms with E-state index in [1.165, 1.54) is 12.4 Å². The second-order valence-electron chi connectivity index (χ2n) is 1.67. The summed E-state index contributed by atoms with van der Waals surface area (Å²) in [5.41, 5.74) is 0.231. The largest absolute Gasteiger partial charge is 0.506 e. The number of pyridine rings is 1. The Hall–Kier alpha value is -0.900. The molecule has 10 heavy (non-hydrogen) atoms. The molecule has 0 spiro atoms. The molecule has 1 N–H and O–H groups in total. The molecule has 0 aliphatic rings. The molecule has 0 radical (unpaired) electrons. The zero-order chi connectivity index (χ0) is 7.56. The fourth-order valence-electron chi connectivity index (χ4n) is 0.551. The lowest BCUT2D eigenvalue weighted by molar-refractivity contribution is 0.112. The summed E-state index contributed by atoms with van der Waals surface area (Å²) in [5.74, 6) is -0.107. The van der Waals surface area contributed by atoms with Crippen molar-refractivity contribution in [1.82, 2.24) is 4.98 Å². The predicted octanol–water partition coefficient (Wildman–Crippen LogP) is 1.36. The topological polar surface area (TPSA) is 50.2 Å². The zero-order valence-corrected chi connectivity index (χ0v) is 6.50. The van der Waals surface area contributed by atoms with Gasteiger partial charge in [0.25, 0.3) is 0 Å². The minimum absolute atomic E-state index is 0.107. The number of aromatic nitrogens is 1. The first-order chi connectivity index (χ1) is 4.75. The first kappa shape index (κ1) is 7.21. The molecule has 52 valence electrons. The summed E-state index contributed by atoms with van der Waals surface area (Å²) in [4.78, 5) is 13.9. The van der Waals surface area contributed by atoms with Gasteiger partial charge < -0.3 is 5.11 Å². The standard InChI is InChI=1S/C6H4BrNO2/c7-5-1-8-2-6(10)4(5)3-9/h1-3,10H. The van der Waals surface area contributed by atoms with Gasteiger partial charge in [-0.3, -0.25) is 9.78 Å². The molecule has 0 bridgehead atoms. The van der Waals surface area contributed by atoms with E-state index >= 15 is 0 Å². The smallest absolute Gasteiger partial charge is 0.155 e. The number of nitrogens with zero attached hydrogens (tertiary/aromatic N) is 1. The molecule has 0 aliphatic carbocycles. The van der Waals surface area contributed by atoms with E-state index in [1.807, 2.05) is 0 Å². The second kappa shape index (κ2) is 2.79. The van der Waals surface area contributed by atoms with E-state index in [2.05, 4.69) is 20.9 Å². The maximum absolute atomic E-state index is 10.2. The number of carbonyl (C=O) groups excluding carboxylic acids is 1. The summed E-state index contributed by atoms with van der Waals surface area (Å²) in [6.07, 6.45) is 3.24. The molecule has 1 aromatic rings. The molecule has 4 heteroatoms. The highest BCUT2D eigenvalue weighted by Crippen LogP contribution is 2.21. The first-order valence-electron chi connectivity index (χ1n) is 2.53. The summed E-state index contributed by atoms with van der Waals surface area (Å²) in [6, 6.07) is 0. The number of aromatic hydroxyl groups is 1. The lowest BCUT2D eigenvalue weighted by Crippen LogP contribution is -1.84. The van der Waals surface area contributed by atoms with Crippen molar-refractivity contribution in [3.05, 3.63) is 22.4 Å². The molecule has 0 amide bonds. The molecule has 0 aromatic carbocycles. The van der Waals surface area contributed by atoms with Gasteiger partial charge >= 0.3 is 0 Å². The summed E-state index contributed by atoms with van der Waals surface area (Å²) < 4.78 is 0.502. The van der Waals surface area contributed by atoms with E-state index in [4.69, 9.17) is 5.11 Å². The predicted molar refractivity (Wildman–Crippen MR) is 39.0 cm³/mol. The molecular formula is C6H4BrNO2. The zero-order valence-electron chi connectivity index (χ0n) is 4.91. The van der Waals surface area contributed by atoms with Crippen molar-refractivity contribution in [2.45, 2.75) is 0 Å². The Morgan fingerprint density at radius 3 is 2.70 bits per heavy atom. The van der Waals surface area contributed by atoms with Crippen LogP contribution in [0.4, 0.5) is 0 Å². The van der Waals surface area contributed by atoms with Crippen molar-refractivity contribution in [3.63, 3.8) is 0 Å². The van der Waals surface area contributed by atoms with E-state index in [9.17, 15) is 4.79 Å². The lowest BCUT2D eigenvalue weighted by Gasteiger charge is -1.96. The van der Waals surface area contributed by atoms with Crippen LogP contribution in [-0.4, -0.2) is 16.4 Å². The molecule has 3 nitrogen and oxygen atoms in total. The number of hydrogen-bond donors (Lipinski definition) is 1. The highest BCUT2D eigenvalue weighted by molar-refractivity contribution is 9.10. The van der Waals surface area contributed by atoms with Crippen LogP contribution < -0.4 is 0 Å². The van der Waals surface area contributed by atoms with Gasteiger partial charge in [0.2, 0.25) is 0 Å². The van der Waals surface area contributed by atoms with Gasteiger partial charge in [0.15, 0.2) is 6.29 Å². The van der Waals surface area contributed by atoms with Gasteiger partial charge in [0.05, 0.1) is 16.2 Å². The van der Waals surface area contributed by atoms with Crippen LogP contribution in [-0.2, 0) is 0 Å². The van der Waals surface area contributed by atoms with Crippen LogP contribution in [0.2, 0.25) is 0 Å². The van der Waals surface area contributed by atoms with Gasteiger partial charge in [-0.1, -0.05) is 0 Å². The Kier molecular flexibility index (Phi) is 2.01. The number of hydrogen-bond acceptors (Lipinski definition) is 3. The van der Waals surface area contributed by atoms with Crippen molar-refractivity contribution >= 4 is 22.2 Å². The number of halogens is 1. The lowest BCUT2D eigenvalue weighted by atomic mass is 10.3. The third-order valence-corrected chi connectivity index (χ3v) is 1.67. The average molecular weight is 202 g/mol. The van der Waals surface area contributed by atoms with Gasteiger partial charge in [0.1, 0.15) is 5.75 Å². The Morgan fingerprint density at radius 1 is 1.60 bits per heavy atom. The summed E-state index contributed by atoms with van der Waals surface area (Å²) >= 11 is 3.05. The van der Waals surface area contributed by atoms with Crippen LogP contribution in [0.3, 0.4) is 0 Å². The van der Waals surface area contributed by atoms with Crippen LogP contribution in [0.15, 0.2) is 16.9 Å². The summed E-state index contributed by atoms with van der Waals surface area (Å²) in [5, 5.41) is 8.97. The van der Waals surface area contributed by atoms with Crippen LogP contribution >= 0.6 is 15.9 Å². The SMILES string of the molecule is O=Cc1c(O)cncc1Br. The maximum atomic E-state index is 10.2. The van der Waals surface area contributed by atoms with Crippen molar-refractivity contribution in [3.8, 4) is 5.75 Å². The van der Waals surface area contributed by atoms with Gasteiger partial charge in [-0.15, -0.1) is 0 Å².